The van der Waals surface area contributed by atoms with E-state index in [1.54, 1.807) is 12.1 Å². The van der Waals surface area contributed by atoms with Crippen LogP contribution in [0.2, 0.25) is 5.02 Å². The molecule has 0 radical (unpaired) electrons. The van der Waals surface area contributed by atoms with Crippen molar-refractivity contribution in [1.29, 1.82) is 0 Å². The van der Waals surface area contributed by atoms with E-state index in [1.807, 2.05) is 30.3 Å². The second-order valence-electron chi connectivity index (χ2n) is 8.52. The smallest absolute Gasteiger partial charge is 0.252 e. The third-order valence-corrected chi connectivity index (χ3v) is 5.54. The second-order valence-corrected chi connectivity index (χ2v) is 8.93. The molecule has 0 aromatic heterocycles. The zero-order chi connectivity index (χ0) is 23.1. The predicted octanol–water partition coefficient (Wildman–Crippen LogP) is 4.39. The van der Waals surface area contributed by atoms with Crippen molar-refractivity contribution >= 4 is 23.4 Å². The fraction of sp³-hybridized carbons (Fsp3) is 0.440. The predicted molar refractivity (Wildman–Crippen MR) is 126 cm³/mol. The Labute approximate surface area is 194 Å². The molecule has 0 spiro atoms. The van der Waals surface area contributed by atoms with Crippen LogP contribution in [0.1, 0.15) is 49.0 Å². The monoisotopic (exact) mass is 458 g/mol. The normalized spacial score (nSPS) is 14.0. The molecule has 7 heteroatoms. The molecule has 3 rings (SSSR count). The topological polar surface area (TPSA) is 76.7 Å². The molecule has 32 heavy (non-hydrogen) atoms. The third kappa shape index (κ3) is 6.89. The van der Waals surface area contributed by atoms with Gasteiger partial charge in [0.25, 0.3) is 5.91 Å². The lowest BCUT2D eigenvalue weighted by Gasteiger charge is -2.20. The van der Waals surface area contributed by atoms with Crippen LogP contribution in [0, 0.1) is 5.92 Å². The first kappa shape index (κ1) is 23.9. The van der Waals surface area contributed by atoms with Crippen molar-refractivity contribution in [2.24, 2.45) is 5.92 Å². The SMILES string of the molecule is COc1cc(C(=O)NC(Cc2ccccc2)C(=O)NC2CC2)cc(Cl)c1OCCC(C)C. The number of hydrogen-bond acceptors (Lipinski definition) is 4. The van der Waals surface area contributed by atoms with Crippen LogP contribution < -0.4 is 20.1 Å². The Kier molecular flexibility index (Phi) is 8.39. The molecule has 6 nitrogen and oxygen atoms in total. The lowest BCUT2D eigenvalue weighted by molar-refractivity contribution is -0.123. The fourth-order valence-corrected chi connectivity index (χ4v) is 3.48. The summed E-state index contributed by atoms with van der Waals surface area (Å²) >= 11 is 6.41. The number of nitrogens with one attached hydrogen (secondary N) is 2. The summed E-state index contributed by atoms with van der Waals surface area (Å²) in [5, 5.41) is 6.14. The molecule has 1 saturated carbocycles. The molecule has 2 aromatic carbocycles. The molecule has 1 unspecified atom stereocenters. The van der Waals surface area contributed by atoms with E-state index in [1.165, 1.54) is 7.11 Å². The van der Waals surface area contributed by atoms with Gasteiger partial charge in [-0.05, 0) is 42.9 Å². The summed E-state index contributed by atoms with van der Waals surface area (Å²) in [5.41, 5.74) is 1.27. The van der Waals surface area contributed by atoms with E-state index < -0.39 is 11.9 Å². The molecule has 0 bridgehead atoms. The van der Waals surface area contributed by atoms with Crippen molar-refractivity contribution in [2.45, 2.75) is 51.6 Å². The van der Waals surface area contributed by atoms with E-state index >= 15 is 0 Å². The number of amides is 2. The minimum absolute atomic E-state index is 0.184. The number of carbonyl (C=O) groups is 2. The van der Waals surface area contributed by atoms with Gasteiger partial charge in [-0.25, -0.2) is 0 Å². The van der Waals surface area contributed by atoms with Crippen LogP contribution in [0.15, 0.2) is 42.5 Å². The molecule has 2 N–H and O–H groups in total. The van der Waals surface area contributed by atoms with Gasteiger partial charge in [-0.2, -0.15) is 0 Å². The van der Waals surface area contributed by atoms with E-state index in [9.17, 15) is 9.59 Å². The fourth-order valence-electron chi connectivity index (χ4n) is 3.22. The van der Waals surface area contributed by atoms with Crippen molar-refractivity contribution in [1.82, 2.24) is 10.6 Å². The van der Waals surface area contributed by atoms with Crippen molar-refractivity contribution in [3.8, 4) is 11.5 Å². The lowest BCUT2D eigenvalue weighted by atomic mass is 10.0. The zero-order valence-electron chi connectivity index (χ0n) is 18.8. The Balaban J connectivity index is 1.75. The van der Waals surface area contributed by atoms with Crippen molar-refractivity contribution in [2.75, 3.05) is 13.7 Å². The Morgan fingerprint density at radius 3 is 2.50 bits per heavy atom. The van der Waals surface area contributed by atoms with Gasteiger partial charge in [0.1, 0.15) is 6.04 Å². The minimum atomic E-state index is -0.697. The summed E-state index contributed by atoms with van der Waals surface area (Å²) in [6.45, 7) is 4.72. The van der Waals surface area contributed by atoms with Crippen LogP contribution in [-0.2, 0) is 11.2 Å². The molecular weight excluding hydrogens is 428 g/mol. The van der Waals surface area contributed by atoms with E-state index in [4.69, 9.17) is 21.1 Å². The van der Waals surface area contributed by atoms with E-state index in [2.05, 4.69) is 24.5 Å². The maximum Gasteiger partial charge on any atom is 0.252 e. The molecular formula is C25H31ClN2O4. The third-order valence-electron chi connectivity index (χ3n) is 5.26. The first-order valence-electron chi connectivity index (χ1n) is 11.0. The van der Waals surface area contributed by atoms with Gasteiger partial charge in [0.2, 0.25) is 5.91 Å². The molecule has 0 heterocycles. The van der Waals surface area contributed by atoms with E-state index in [0.717, 1.165) is 24.8 Å². The van der Waals surface area contributed by atoms with Crippen LogP contribution in [0.3, 0.4) is 0 Å². The number of hydrogen-bond donors (Lipinski definition) is 2. The summed E-state index contributed by atoms with van der Waals surface area (Å²) in [7, 11) is 1.50. The van der Waals surface area contributed by atoms with Crippen LogP contribution >= 0.6 is 11.6 Å². The molecule has 172 valence electrons. The van der Waals surface area contributed by atoms with Gasteiger partial charge in [0, 0.05) is 18.0 Å². The summed E-state index contributed by atoms with van der Waals surface area (Å²) < 4.78 is 11.2. The van der Waals surface area contributed by atoms with E-state index in [0.29, 0.717) is 41.0 Å². The highest BCUT2D eigenvalue weighted by molar-refractivity contribution is 6.32. The number of benzene rings is 2. The highest BCUT2D eigenvalue weighted by Crippen LogP contribution is 2.36. The molecule has 1 aliphatic carbocycles. The van der Waals surface area contributed by atoms with Gasteiger partial charge in [-0.3, -0.25) is 9.59 Å². The van der Waals surface area contributed by atoms with Gasteiger partial charge in [-0.1, -0.05) is 55.8 Å². The molecule has 1 aliphatic rings. The van der Waals surface area contributed by atoms with E-state index in [-0.39, 0.29) is 11.9 Å². The molecule has 1 atom stereocenters. The minimum Gasteiger partial charge on any atom is -0.493 e. The van der Waals surface area contributed by atoms with Crippen LogP contribution in [0.25, 0.3) is 0 Å². The molecule has 0 aliphatic heterocycles. The van der Waals surface area contributed by atoms with Gasteiger partial charge in [-0.15, -0.1) is 0 Å². The highest BCUT2D eigenvalue weighted by atomic mass is 35.5. The van der Waals surface area contributed by atoms with Crippen LogP contribution in [-0.4, -0.2) is 37.6 Å². The Morgan fingerprint density at radius 1 is 1.16 bits per heavy atom. The number of halogens is 1. The van der Waals surface area contributed by atoms with Crippen LogP contribution in [0.5, 0.6) is 11.5 Å². The quantitative estimate of drug-likeness (QED) is 0.523. The number of ether oxygens (including phenoxy) is 2. The zero-order valence-corrected chi connectivity index (χ0v) is 19.6. The average Bonchev–Trinajstić information content (AvgIpc) is 3.58. The Hall–Kier alpha value is -2.73. The van der Waals surface area contributed by atoms with Gasteiger partial charge in [0.15, 0.2) is 11.5 Å². The highest BCUT2D eigenvalue weighted by Gasteiger charge is 2.29. The average molecular weight is 459 g/mol. The molecule has 0 saturated heterocycles. The summed E-state index contributed by atoms with van der Waals surface area (Å²) in [6, 6.07) is 12.3. The number of carbonyl (C=O) groups excluding carboxylic acids is 2. The maximum atomic E-state index is 13.0. The standard InChI is InChI=1S/C25H31ClN2O4/c1-16(2)11-12-32-23-20(26)14-18(15-22(23)31-3)24(29)28-21(25(30)27-19-9-10-19)13-17-7-5-4-6-8-17/h4-8,14-16,19,21H,9-13H2,1-3H3,(H,27,30)(H,28,29). The Bertz CT molecular complexity index is 929. The summed E-state index contributed by atoms with van der Waals surface area (Å²) in [4.78, 5) is 25.8. The lowest BCUT2D eigenvalue weighted by Crippen LogP contribution is -2.48. The molecule has 2 aromatic rings. The number of rotatable bonds is 11. The largest absolute Gasteiger partial charge is 0.493 e. The van der Waals surface area contributed by atoms with Crippen molar-refractivity contribution < 1.29 is 19.1 Å². The number of methoxy groups -OCH3 is 1. The van der Waals surface area contributed by atoms with Gasteiger partial charge >= 0.3 is 0 Å². The van der Waals surface area contributed by atoms with Crippen molar-refractivity contribution in [3.05, 3.63) is 58.6 Å². The second kappa shape index (κ2) is 11.2. The first-order chi connectivity index (χ1) is 15.4. The molecule has 2 amide bonds. The first-order valence-corrected chi connectivity index (χ1v) is 11.4. The summed E-state index contributed by atoms with van der Waals surface area (Å²) in [6.07, 6.45) is 3.22. The van der Waals surface area contributed by atoms with Crippen LogP contribution in [0.4, 0.5) is 0 Å². The van der Waals surface area contributed by atoms with Gasteiger partial charge in [0.05, 0.1) is 18.7 Å². The van der Waals surface area contributed by atoms with Crippen molar-refractivity contribution in [3.63, 3.8) is 0 Å². The molecule has 1 fully saturated rings. The summed E-state index contributed by atoms with van der Waals surface area (Å²) in [5.74, 6) is 0.711. The van der Waals surface area contributed by atoms with Gasteiger partial charge < -0.3 is 20.1 Å². The Morgan fingerprint density at radius 2 is 1.88 bits per heavy atom. The maximum absolute atomic E-state index is 13.0.